The smallest absolute Gasteiger partial charge is 0.271 e. The summed E-state index contributed by atoms with van der Waals surface area (Å²) in [5, 5.41) is 8.88. The summed E-state index contributed by atoms with van der Waals surface area (Å²) in [5.74, 6) is 0.667. The monoisotopic (exact) mass is 483 g/mol. The van der Waals surface area contributed by atoms with Gasteiger partial charge in [-0.3, -0.25) is 9.48 Å². The summed E-state index contributed by atoms with van der Waals surface area (Å²) in [7, 11) is 0. The highest BCUT2D eigenvalue weighted by Crippen LogP contribution is 2.24. The average Bonchev–Trinajstić information content (AvgIpc) is 3.45. The zero-order valence-electron chi connectivity index (χ0n) is 20.1. The van der Waals surface area contributed by atoms with Crippen molar-refractivity contribution in [1.82, 2.24) is 29.6 Å². The average molecular weight is 484 g/mol. The number of amides is 1. The number of nitrogens with two attached hydrogens (primary N) is 1. The van der Waals surface area contributed by atoms with Gasteiger partial charge in [-0.25, -0.2) is 14.4 Å². The molecule has 1 amide bonds. The third-order valence-corrected chi connectivity index (χ3v) is 6.33. The summed E-state index contributed by atoms with van der Waals surface area (Å²) in [6.07, 6.45) is 6.02. The van der Waals surface area contributed by atoms with Crippen molar-refractivity contribution in [3.63, 3.8) is 0 Å². The molecule has 0 spiro atoms. The van der Waals surface area contributed by atoms with Crippen molar-refractivity contribution in [3.05, 3.63) is 107 Å². The third kappa shape index (κ3) is 4.81. The first-order chi connectivity index (χ1) is 17.4. The van der Waals surface area contributed by atoms with Gasteiger partial charge in [0.15, 0.2) is 5.82 Å². The van der Waals surface area contributed by atoms with Crippen LogP contribution in [-0.2, 0) is 19.6 Å². The minimum Gasteiger partial charge on any atom is -0.383 e. The molecule has 5 aromatic rings. The molecule has 0 aliphatic rings. The molecule has 182 valence electrons. The number of hydrogen-bond donors (Lipinski definition) is 2. The lowest BCUT2D eigenvalue weighted by molar-refractivity contribution is 0.0946. The van der Waals surface area contributed by atoms with Crippen LogP contribution in [-0.4, -0.2) is 30.2 Å². The van der Waals surface area contributed by atoms with E-state index in [1.807, 2.05) is 60.9 Å². The SMILES string of the molecule is Cc1c(CNC(=O)c2cn(Cc3ccc(Cn4cc(F)cn4)cc3)c(C)n2)ccc2c(N)nccc12. The highest BCUT2D eigenvalue weighted by atomic mass is 19.1. The number of hydrogen-bond acceptors (Lipinski definition) is 5. The van der Waals surface area contributed by atoms with E-state index < -0.39 is 0 Å². The second-order valence-electron chi connectivity index (χ2n) is 8.80. The number of rotatable bonds is 7. The Bertz CT molecular complexity index is 1550. The minimum absolute atomic E-state index is 0.229. The number of aryl methyl sites for hydroxylation is 2. The maximum atomic E-state index is 13.1. The van der Waals surface area contributed by atoms with Gasteiger partial charge in [-0.15, -0.1) is 0 Å². The molecular weight excluding hydrogens is 457 g/mol. The molecule has 0 bridgehead atoms. The van der Waals surface area contributed by atoms with Crippen LogP contribution >= 0.6 is 0 Å². The number of nitrogens with one attached hydrogen (secondary N) is 1. The van der Waals surface area contributed by atoms with Gasteiger partial charge in [-0.2, -0.15) is 5.10 Å². The normalized spacial score (nSPS) is 11.2. The van der Waals surface area contributed by atoms with Gasteiger partial charge in [0.05, 0.1) is 18.9 Å². The Kier molecular flexibility index (Phi) is 6.20. The van der Waals surface area contributed by atoms with E-state index in [9.17, 15) is 9.18 Å². The summed E-state index contributed by atoms with van der Waals surface area (Å²) in [6, 6.07) is 13.8. The van der Waals surface area contributed by atoms with Gasteiger partial charge in [-0.1, -0.05) is 36.4 Å². The quantitative estimate of drug-likeness (QED) is 0.364. The summed E-state index contributed by atoms with van der Waals surface area (Å²) < 4.78 is 16.6. The fourth-order valence-electron chi connectivity index (χ4n) is 4.27. The Morgan fingerprint density at radius 2 is 1.75 bits per heavy atom. The van der Waals surface area contributed by atoms with E-state index >= 15 is 0 Å². The van der Waals surface area contributed by atoms with Crippen LogP contribution in [0.2, 0.25) is 0 Å². The van der Waals surface area contributed by atoms with Gasteiger partial charge in [0, 0.05) is 30.9 Å². The molecular formula is C27H26FN7O. The van der Waals surface area contributed by atoms with E-state index in [4.69, 9.17) is 5.73 Å². The van der Waals surface area contributed by atoms with Crippen LogP contribution < -0.4 is 11.1 Å². The van der Waals surface area contributed by atoms with Gasteiger partial charge in [-0.05, 0) is 47.6 Å². The number of carbonyl (C=O) groups excluding carboxylic acids is 1. The summed E-state index contributed by atoms with van der Waals surface area (Å²) in [4.78, 5) is 21.4. The van der Waals surface area contributed by atoms with Gasteiger partial charge in [0.25, 0.3) is 5.91 Å². The molecule has 0 unspecified atom stereocenters. The molecule has 0 radical (unpaired) electrons. The number of aromatic nitrogens is 5. The topological polar surface area (TPSA) is 104 Å². The Hall–Kier alpha value is -4.53. The van der Waals surface area contributed by atoms with Crippen LogP contribution in [0.25, 0.3) is 10.8 Å². The molecule has 0 aliphatic heterocycles. The molecule has 0 fully saturated rings. The standard InChI is InChI=1S/C27H26FN7O/c1-17-21(7-8-24-23(17)9-10-30-26(24)29)11-31-27(36)25-16-34(18(2)33-25)13-19-3-5-20(6-4-19)14-35-15-22(28)12-32-35/h3-10,12,15-16H,11,13-14H2,1-2H3,(H2,29,30)(H,31,36). The number of benzene rings is 2. The summed E-state index contributed by atoms with van der Waals surface area (Å²) >= 11 is 0. The molecule has 3 aromatic heterocycles. The lowest BCUT2D eigenvalue weighted by atomic mass is 10.0. The van der Waals surface area contributed by atoms with E-state index in [0.29, 0.717) is 31.1 Å². The van der Waals surface area contributed by atoms with Crippen molar-refractivity contribution in [2.45, 2.75) is 33.5 Å². The van der Waals surface area contributed by atoms with Gasteiger partial charge < -0.3 is 15.6 Å². The highest BCUT2D eigenvalue weighted by molar-refractivity contribution is 5.94. The van der Waals surface area contributed by atoms with Crippen LogP contribution in [0, 0.1) is 19.7 Å². The van der Waals surface area contributed by atoms with Crippen molar-refractivity contribution in [2.24, 2.45) is 0 Å². The Morgan fingerprint density at radius 1 is 1.00 bits per heavy atom. The molecule has 0 saturated carbocycles. The molecule has 8 nitrogen and oxygen atoms in total. The minimum atomic E-state index is -0.350. The van der Waals surface area contributed by atoms with E-state index in [-0.39, 0.29) is 11.7 Å². The predicted octanol–water partition coefficient (Wildman–Crippen LogP) is 3.99. The predicted molar refractivity (Wildman–Crippen MR) is 136 cm³/mol. The van der Waals surface area contributed by atoms with Crippen molar-refractivity contribution in [2.75, 3.05) is 5.73 Å². The van der Waals surface area contributed by atoms with Crippen LogP contribution in [0.1, 0.15) is 38.6 Å². The number of anilines is 1. The van der Waals surface area contributed by atoms with E-state index in [0.717, 1.165) is 38.9 Å². The van der Waals surface area contributed by atoms with Crippen LogP contribution in [0.3, 0.4) is 0 Å². The molecule has 0 atom stereocenters. The molecule has 0 saturated heterocycles. The molecule has 36 heavy (non-hydrogen) atoms. The van der Waals surface area contributed by atoms with Crippen LogP contribution in [0.5, 0.6) is 0 Å². The number of nitrogens with zero attached hydrogens (tertiary/aromatic N) is 5. The fourth-order valence-corrected chi connectivity index (χ4v) is 4.27. The molecule has 3 heterocycles. The zero-order valence-corrected chi connectivity index (χ0v) is 20.1. The van der Waals surface area contributed by atoms with Crippen molar-refractivity contribution >= 4 is 22.5 Å². The van der Waals surface area contributed by atoms with Crippen molar-refractivity contribution < 1.29 is 9.18 Å². The van der Waals surface area contributed by atoms with Gasteiger partial charge in [0.2, 0.25) is 0 Å². The number of carbonyl (C=O) groups is 1. The first-order valence-electron chi connectivity index (χ1n) is 11.6. The first-order valence-corrected chi connectivity index (χ1v) is 11.6. The largest absolute Gasteiger partial charge is 0.383 e. The number of pyridine rings is 1. The zero-order chi connectivity index (χ0) is 25.2. The van der Waals surface area contributed by atoms with Gasteiger partial charge in [0.1, 0.15) is 17.3 Å². The molecule has 5 rings (SSSR count). The second-order valence-corrected chi connectivity index (χ2v) is 8.80. The number of halogens is 1. The molecule has 9 heteroatoms. The van der Waals surface area contributed by atoms with Crippen LogP contribution in [0.4, 0.5) is 10.2 Å². The van der Waals surface area contributed by atoms with Crippen molar-refractivity contribution in [3.8, 4) is 0 Å². The summed E-state index contributed by atoms with van der Waals surface area (Å²) in [5.41, 5.74) is 10.5. The number of fused-ring (bicyclic) bond motifs is 1. The first kappa shape index (κ1) is 23.2. The molecule has 2 aromatic carbocycles. The Balaban J connectivity index is 1.23. The summed E-state index contributed by atoms with van der Waals surface area (Å²) in [6.45, 7) is 5.36. The van der Waals surface area contributed by atoms with Crippen LogP contribution in [0.15, 0.2) is 67.3 Å². The Morgan fingerprint density at radius 3 is 2.47 bits per heavy atom. The lowest BCUT2D eigenvalue weighted by Crippen LogP contribution is -2.23. The van der Waals surface area contributed by atoms with E-state index in [1.54, 1.807) is 17.1 Å². The molecule has 3 N–H and O–H groups in total. The second kappa shape index (κ2) is 9.61. The van der Waals surface area contributed by atoms with E-state index in [2.05, 4.69) is 20.4 Å². The molecule has 0 aliphatic carbocycles. The maximum Gasteiger partial charge on any atom is 0.271 e. The fraction of sp³-hybridized carbons (Fsp3) is 0.185. The third-order valence-electron chi connectivity index (χ3n) is 6.33. The van der Waals surface area contributed by atoms with Crippen molar-refractivity contribution in [1.29, 1.82) is 0 Å². The number of nitrogen functional groups attached to an aromatic ring is 1. The highest BCUT2D eigenvalue weighted by Gasteiger charge is 2.14. The number of imidazole rings is 1. The Labute approximate surface area is 207 Å². The van der Waals surface area contributed by atoms with Gasteiger partial charge >= 0.3 is 0 Å². The van der Waals surface area contributed by atoms with E-state index in [1.165, 1.54) is 12.4 Å². The maximum absolute atomic E-state index is 13.1. The lowest BCUT2D eigenvalue weighted by Gasteiger charge is -2.11.